The molecule has 1 heterocycles. The zero-order valence-electron chi connectivity index (χ0n) is 12.3. The van der Waals surface area contributed by atoms with Gasteiger partial charge in [-0.25, -0.2) is 4.79 Å². The standard InChI is InChI=1S/C16H16N2O4/c1-11(22-16(20)12-7-9-17-10-8-12)15(19)18-13-3-5-14(21-2)6-4-13/h3-11H,1-2H3,(H,18,19). The Balaban J connectivity index is 1.92. The Labute approximate surface area is 128 Å². The van der Waals surface area contributed by atoms with Gasteiger partial charge < -0.3 is 14.8 Å². The topological polar surface area (TPSA) is 77.5 Å². The molecule has 2 rings (SSSR count). The molecule has 0 radical (unpaired) electrons. The molecule has 0 aliphatic rings. The van der Waals surface area contributed by atoms with E-state index < -0.39 is 18.0 Å². The second kappa shape index (κ2) is 7.21. The Hall–Kier alpha value is -2.89. The van der Waals surface area contributed by atoms with Gasteiger partial charge in [-0.2, -0.15) is 0 Å². The molecule has 6 nitrogen and oxygen atoms in total. The van der Waals surface area contributed by atoms with Crippen LogP contribution in [-0.4, -0.2) is 30.1 Å². The normalized spacial score (nSPS) is 11.4. The molecular weight excluding hydrogens is 284 g/mol. The SMILES string of the molecule is COc1ccc(NC(=O)C(C)OC(=O)c2ccncc2)cc1. The second-order valence-electron chi connectivity index (χ2n) is 4.50. The van der Waals surface area contributed by atoms with Crippen LogP contribution in [0.3, 0.4) is 0 Å². The molecule has 114 valence electrons. The number of aromatic nitrogens is 1. The zero-order valence-corrected chi connectivity index (χ0v) is 12.3. The number of anilines is 1. The lowest BCUT2D eigenvalue weighted by Gasteiger charge is -2.13. The molecule has 0 spiro atoms. The molecule has 0 fully saturated rings. The van der Waals surface area contributed by atoms with Crippen LogP contribution in [0.5, 0.6) is 5.75 Å². The van der Waals surface area contributed by atoms with Crippen molar-refractivity contribution in [2.75, 3.05) is 12.4 Å². The van der Waals surface area contributed by atoms with Gasteiger partial charge in [-0.05, 0) is 43.3 Å². The van der Waals surface area contributed by atoms with E-state index in [9.17, 15) is 9.59 Å². The minimum Gasteiger partial charge on any atom is -0.497 e. The fraction of sp³-hybridized carbons (Fsp3) is 0.188. The van der Waals surface area contributed by atoms with Gasteiger partial charge in [0.15, 0.2) is 6.10 Å². The Bertz CT molecular complexity index is 641. The van der Waals surface area contributed by atoms with Crippen LogP contribution in [0.2, 0.25) is 0 Å². The summed E-state index contributed by atoms with van der Waals surface area (Å²) in [7, 11) is 1.56. The highest BCUT2D eigenvalue weighted by atomic mass is 16.5. The van der Waals surface area contributed by atoms with Crippen LogP contribution in [0.25, 0.3) is 0 Å². The zero-order chi connectivity index (χ0) is 15.9. The number of nitrogens with one attached hydrogen (secondary N) is 1. The van der Waals surface area contributed by atoms with Crippen molar-refractivity contribution in [1.82, 2.24) is 4.98 Å². The molecule has 1 aromatic carbocycles. The number of nitrogens with zero attached hydrogens (tertiary/aromatic N) is 1. The molecule has 0 aliphatic carbocycles. The predicted molar refractivity (Wildman–Crippen MR) is 80.7 cm³/mol. The summed E-state index contributed by atoms with van der Waals surface area (Å²) in [6.45, 7) is 1.51. The first kappa shape index (κ1) is 15.5. The van der Waals surface area contributed by atoms with E-state index in [4.69, 9.17) is 9.47 Å². The van der Waals surface area contributed by atoms with Crippen molar-refractivity contribution in [3.8, 4) is 5.75 Å². The third-order valence-corrected chi connectivity index (χ3v) is 2.93. The van der Waals surface area contributed by atoms with Gasteiger partial charge in [0.2, 0.25) is 0 Å². The van der Waals surface area contributed by atoms with E-state index in [2.05, 4.69) is 10.3 Å². The maximum atomic E-state index is 12.0. The van der Waals surface area contributed by atoms with Gasteiger partial charge >= 0.3 is 5.97 Å². The lowest BCUT2D eigenvalue weighted by Crippen LogP contribution is -2.30. The van der Waals surface area contributed by atoms with Crippen LogP contribution in [0.1, 0.15) is 17.3 Å². The number of carbonyl (C=O) groups excluding carboxylic acids is 2. The van der Waals surface area contributed by atoms with Crippen LogP contribution in [0.4, 0.5) is 5.69 Å². The van der Waals surface area contributed by atoms with E-state index in [-0.39, 0.29) is 0 Å². The Morgan fingerprint density at radius 1 is 1.09 bits per heavy atom. The minimum atomic E-state index is -0.914. The number of amides is 1. The molecule has 1 atom stereocenters. The molecule has 1 N–H and O–H groups in total. The monoisotopic (exact) mass is 300 g/mol. The van der Waals surface area contributed by atoms with E-state index in [1.807, 2.05) is 0 Å². The third kappa shape index (κ3) is 4.05. The first-order valence-electron chi connectivity index (χ1n) is 6.66. The van der Waals surface area contributed by atoms with E-state index in [0.29, 0.717) is 17.0 Å². The quantitative estimate of drug-likeness (QED) is 0.857. The summed E-state index contributed by atoms with van der Waals surface area (Å²) >= 11 is 0. The number of benzene rings is 1. The average molecular weight is 300 g/mol. The summed E-state index contributed by atoms with van der Waals surface area (Å²) in [5.41, 5.74) is 0.941. The number of esters is 1. The summed E-state index contributed by atoms with van der Waals surface area (Å²) in [6.07, 6.45) is 2.06. The van der Waals surface area contributed by atoms with E-state index >= 15 is 0 Å². The van der Waals surface area contributed by atoms with Gasteiger partial charge in [0.05, 0.1) is 12.7 Å². The summed E-state index contributed by atoms with van der Waals surface area (Å²) in [5.74, 6) is -0.289. The highest BCUT2D eigenvalue weighted by molar-refractivity contribution is 5.97. The van der Waals surface area contributed by atoms with Gasteiger partial charge in [0.25, 0.3) is 5.91 Å². The lowest BCUT2D eigenvalue weighted by atomic mass is 10.2. The van der Waals surface area contributed by atoms with Gasteiger partial charge in [-0.3, -0.25) is 9.78 Å². The smallest absolute Gasteiger partial charge is 0.339 e. The fourth-order valence-corrected chi connectivity index (χ4v) is 1.69. The predicted octanol–water partition coefficient (Wildman–Crippen LogP) is 2.27. The van der Waals surface area contributed by atoms with Crippen molar-refractivity contribution in [2.24, 2.45) is 0 Å². The van der Waals surface area contributed by atoms with Crippen molar-refractivity contribution in [3.63, 3.8) is 0 Å². The first-order chi connectivity index (χ1) is 10.6. The summed E-state index contributed by atoms with van der Waals surface area (Å²) in [4.78, 5) is 27.7. The Morgan fingerprint density at radius 2 is 1.73 bits per heavy atom. The second-order valence-corrected chi connectivity index (χ2v) is 4.50. The Kier molecular flexibility index (Phi) is 5.08. The third-order valence-electron chi connectivity index (χ3n) is 2.93. The number of ether oxygens (including phenoxy) is 2. The number of carbonyl (C=O) groups is 2. The minimum absolute atomic E-state index is 0.346. The van der Waals surface area contributed by atoms with Gasteiger partial charge in [0.1, 0.15) is 5.75 Å². The summed E-state index contributed by atoms with van der Waals surface area (Å²) in [6, 6.07) is 9.90. The van der Waals surface area contributed by atoms with Gasteiger partial charge in [-0.15, -0.1) is 0 Å². The van der Waals surface area contributed by atoms with Crippen LogP contribution >= 0.6 is 0 Å². The van der Waals surface area contributed by atoms with Crippen LogP contribution in [0, 0.1) is 0 Å². The highest BCUT2D eigenvalue weighted by Gasteiger charge is 2.18. The maximum absolute atomic E-state index is 12.0. The summed E-state index contributed by atoms with van der Waals surface area (Å²) in [5, 5.41) is 2.67. The first-order valence-corrected chi connectivity index (χ1v) is 6.66. The van der Waals surface area contributed by atoms with Crippen molar-refractivity contribution >= 4 is 17.6 Å². The van der Waals surface area contributed by atoms with Crippen LogP contribution in [0.15, 0.2) is 48.8 Å². The molecular formula is C16H16N2O4. The average Bonchev–Trinajstić information content (AvgIpc) is 2.56. The van der Waals surface area contributed by atoms with Crippen LogP contribution in [-0.2, 0) is 9.53 Å². The largest absolute Gasteiger partial charge is 0.497 e. The molecule has 0 bridgehead atoms. The van der Waals surface area contributed by atoms with Gasteiger partial charge in [0, 0.05) is 18.1 Å². The number of rotatable bonds is 5. The van der Waals surface area contributed by atoms with E-state index in [1.54, 1.807) is 31.4 Å². The molecule has 0 aliphatic heterocycles. The lowest BCUT2D eigenvalue weighted by molar-refractivity contribution is -0.123. The Morgan fingerprint density at radius 3 is 2.32 bits per heavy atom. The molecule has 1 aromatic heterocycles. The van der Waals surface area contributed by atoms with E-state index in [0.717, 1.165) is 0 Å². The van der Waals surface area contributed by atoms with Crippen molar-refractivity contribution in [2.45, 2.75) is 13.0 Å². The van der Waals surface area contributed by atoms with E-state index in [1.165, 1.54) is 31.5 Å². The number of methoxy groups -OCH3 is 1. The molecule has 2 aromatic rings. The van der Waals surface area contributed by atoms with Gasteiger partial charge in [-0.1, -0.05) is 0 Å². The molecule has 22 heavy (non-hydrogen) atoms. The number of hydrogen-bond donors (Lipinski definition) is 1. The highest BCUT2D eigenvalue weighted by Crippen LogP contribution is 2.15. The molecule has 1 unspecified atom stereocenters. The number of hydrogen-bond acceptors (Lipinski definition) is 5. The summed E-state index contributed by atoms with van der Waals surface area (Å²) < 4.78 is 10.1. The molecule has 6 heteroatoms. The van der Waals surface area contributed by atoms with Crippen molar-refractivity contribution in [3.05, 3.63) is 54.4 Å². The number of pyridine rings is 1. The molecule has 1 amide bonds. The molecule has 0 saturated heterocycles. The maximum Gasteiger partial charge on any atom is 0.339 e. The van der Waals surface area contributed by atoms with Crippen molar-refractivity contribution in [1.29, 1.82) is 0 Å². The fourth-order valence-electron chi connectivity index (χ4n) is 1.69. The van der Waals surface area contributed by atoms with Crippen molar-refractivity contribution < 1.29 is 19.1 Å². The van der Waals surface area contributed by atoms with Crippen LogP contribution < -0.4 is 10.1 Å². The molecule has 0 saturated carbocycles.